The van der Waals surface area contributed by atoms with Crippen molar-refractivity contribution in [2.45, 2.75) is 71.4 Å². The fourth-order valence-electron chi connectivity index (χ4n) is 2.51. The number of carbonyl (C=O) groups excluding carboxylic acids is 1. The summed E-state index contributed by atoms with van der Waals surface area (Å²) in [7, 11) is 0. The van der Waals surface area contributed by atoms with E-state index in [1.54, 1.807) is 0 Å². The topological polar surface area (TPSA) is 41.1 Å². The van der Waals surface area contributed by atoms with Gasteiger partial charge in [-0.1, -0.05) is 33.1 Å². The number of hydrogen-bond donors (Lipinski definition) is 2. The average Bonchev–Trinajstić information content (AvgIpc) is 2.29. The van der Waals surface area contributed by atoms with E-state index in [2.05, 4.69) is 31.4 Å². The van der Waals surface area contributed by atoms with Crippen LogP contribution in [0.1, 0.15) is 59.3 Å². The molecule has 0 aromatic heterocycles. The lowest BCUT2D eigenvalue weighted by Gasteiger charge is -2.30. The minimum absolute atomic E-state index is 0.0253. The predicted molar refractivity (Wildman–Crippen MR) is 71.9 cm³/mol. The molecule has 17 heavy (non-hydrogen) atoms. The molecule has 1 rings (SSSR count). The number of rotatable bonds is 6. The van der Waals surface area contributed by atoms with E-state index in [0.29, 0.717) is 12.0 Å². The summed E-state index contributed by atoms with van der Waals surface area (Å²) in [5.74, 6) is 0.660. The van der Waals surface area contributed by atoms with Crippen LogP contribution in [-0.2, 0) is 4.79 Å². The molecule has 0 saturated carbocycles. The molecule has 0 aromatic rings. The first-order valence-electron chi connectivity index (χ1n) is 7.19. The van der Waals surface area contributed by atoms with Crippen molar-refractivity contribution in [2.75, 3.05) is 6.54 Å². The van der Waals surface area contributed by atoms with E-state index in [4.69, 9.17) is 0 Å². The van der Waals surface area contributed by atoms with Crippen LogP contribution in [-0.4, -0.2) is 24.5 Å². The fourth-order valence-corrected chi connectivity index (χ4v) is 2.51. The summed E-state index contributed by atoms with van der Waals surface area (Å²) in [6.07, 6.45) is 7.17. The monoisotopic (exact) mass is 240 g/mol. The first kappa shape index (κ1) is 14.5. The summed E-state index contributed by atoms with van der Waals surface area (Å²) in [6, 6.07) is 0.336. The van der Waals surface area contributed by atoms with Gasteiger partial charge >= 0.3 is 0 Å². The Morgan fingerprint density at radius 1 is 1.47 bits per heavy atom. The average molecular weight is 240 g/mol. The van der Waals surface area contributed by atoms with Gasteiger partial charge in [0.1, 0.15) is 0 Å². The summed E-state index contributed by atoms with van der Waals surface area (Å²) in [5, 5.41) is 6.47. The number of unbranched alkanes of at least 4 members (excludes halogenated alkanes) is 2. The van der Waals surface area contributed by atoms with Crippen LogP contribution in [0.3, 0.4) is 0 Å². The Morgan fingerprint density at radius 2 is 2.24 bits per heavy atom. The minimum Gasteiger partial charge on any atom is -0.352 e. The smallest absolute Gasteiger partial charge is 0.237 e. The van der Waals surface area contributed by atoms with Gasteiger partial charge in [0.05, 0.1) is 6.04 Å². The van der Waals surface area contributed by atoms with Gasteiger partial charge in [0.2, 0.25) is 5.91 Å². The third-order valence-corrected chi connectivity index (χ3v) is 3.68. The van der Waals surface area contributed by atoms with E-state index in [0.717, 1.165) is 19.4 Å². The van der Waals surface area contributed by atoms with Gasteiger partial charge in [0.15, 0.2) is 0 Å². The molecule has 1 saturated heterocycles. The van der Waals surface area contributed by atoms with Crippen molar-refractivity contribution in [2.24, 2.45) is 5.92 Å². The standard InChI is InChI=1S/C14H28N2O/c1-4-5-6-9-12(3)16-14(17)13-11(2)8-7-10-15-13/h11-13,15H,4-10H2,1-3H3,(H,16,17). The van der Waals surface area contributed by atoms with Gasteiger partial charge < -0.3 is 10.6 Å². The van der Waals surface area contributed by atoms with Crippen molar-refractivity contribution in [1.29, 1.82) is 0 Å². The van der Waals surface area contributed by atoms with E-state index in [-0.39, 0.29) is 11.9 Å². The van der Waals surface area contributed by atoms with E-state index in [1.807, 2.05) is 0 Å². The molecule has 100 valence electrons. The van der Waals surface area contributed by atoms with Crippen LogP contribution < -0.4 is 10.6 Å². The van der Waals surface area contributed by atoms with Crippen LogP contribution in [0.15, 0.2) is 0 Å². The Balaban J connectivity index is 2.27. The van der Waals surface area contributed by atoms with Crippen LogP contribution in [0.2, 0.25) is 0 Å². The van der Waals surface area contributed by atoms with Crippen LogP contribution in [0.4, 0.5) is 0 Å². The Kier molecular flexibility index (Phi) is 6.56. The van der Waals surface area contributed by atoms with Crippen LogP contribution in [0, 0.1) is 5.92 Å². The quantitative estimate of drug-likeness (QED) is 0.700. The SMILES string of the molecule is CCCCCC(C)NC(=O)C1NCCCC1C. The molecule has 3 nitrogen and oxygen atoms in total. The lowest BCUT2D eigenvalue weighted by Crippen LogP contribution is -2.52. The Morgan fingerprint density at radius 3 is 2.88 bits per heavy atom. The fraction of sp³-hybridized carbons (Fsp3) is 0.929. The molecule has 0 bridgehead atoms. The molecular formula is C14H28N2O. The van der Waals surface area contributed by atoms with E-state index < -0.39 is 0 Å². The molecule has 3 heteroatoms. The maximum absolute atomic E-state index is 12.1. The maximum atomic E-state index is 12.1. The van der Waals surface area contributed by atoms with E-state index in [9.17, 15) is 4.79 Å². The Bertz CT molecular complexity index is 230. The molecule has 0 spiro atoms. The second-order valence-corrected chi connectivity index (χ2v) is 5.46. The lowest BCUT2D eigenvalue weighted by atomic mass is 9.92. The summed E-state index contributed by atoms with van der Waals surface area (Å²) in [6.45, 7) is 7.46. The van der Waals surface area contributed by atoms with Crippen LogP contribution in [0.25, 0.3) is 0 Å². The summed E-state index contributed by atoms with van der Waals surface area (Å²) in [4.78, 5) is 12.1. The molecule has 0 radical (unpaired) electrons. The van der Waals surface area contributed by atoms with Gasteiger partial charge in [-0.05, 0) is 38.6 Å². The van der Waals surface area contributed by atoms with Gasteiger partial charge in [-0.15, -0.1) is 0 Å². The van der Waals surface area contributed by atoms with Crippen molar-refractivity contribution in [3.8, 4) is 0 Å². The minimum atomic E-state index is 0.0253. The summed E-state index contributed by atoms with van der Waals surface area (Å²) in [5.41, 5.74) is 0. The van der Waals surface area contributed by atoms with Gasteiger partial charge in [-0.2, -0.15) is 0 Å². The second-order valence-electron chi connectivity index (χ2n) is 5.46. The highest BCUT2D eigenvalue weighted by atomic mass is 16.2. The van der Waals surface area contributed by atoms with Crippen molar-refractivity contribution in [3.63, 3.8) is 0 Å². The van der Waals surface area contributed by atoms with Crippen molar-refractivity contribution in [1.82, 2.24) is 10.6 Å². The summed E-state index contributed by atoms with van der Waals surface area (Å²) >= 11 is 0. The van der Waals surface area contributed by atoms with Gasteiger partial charge in [-0.25, -0.2) is 0 Å². The number of hydrogen-bond acceptors (Lipinski definition) is 2. The number of piperidine rings is 1. The highest BCUT2D eigenvalue weighted by molar-refractivity contribution is 5.82. The molecule has 1 aliphatic rings. The largest absolute Gasteiger partial charge is 0.352 e. The molecule has 3 unspecified atom stereocenters. The van der Waals surface area contributed by atoms with Crippen LogP contribution in [0.5, 0.6) is 0 Å². The van der Waals surface area contributed by atoms with Gasteiger partial charge in [0, 0.05) is 6.04 Å². The zero-order valence-electron chi connectivity index (χ0n) is 11.6. The van der Waals surface area contributed by atoms with Crippen molar-refractivity contribution < 1.29 is 4.79 Å². The van der Waals surface area contributed by atoms with Crippen molar-refractivity contribution in [3.05, 3.63) is 0 Å². The number of amides is 1. The van der Waals surface area contributed by atoms with E-state index >= 15 is 0 Å². The molecule has 1 amide bonds. The number of nitrogens with one attached hydrogen (secondary N) is 2. The third kappa shape index (κ3) is 5.07. The molecule has 3 atom stereocenters. The number of carbonyl (C=O) groups is 1. The summed E-state index contributed by atoms with van der Waals surface area (Å²) < 4.78 is 0. The highest BCUT2D eigenvalue weighted by Gasteiger charge is 2.27. The zero-order chi connectivity index (χ0) is 12.7. The Hall–Kier alpha value is -0.570. The molecule has 1 heterocycles. The first-order valence-corrected chi connectivity index (χ1v) is 7.19. The second kappa shape index (κ2) is 7.70. The molecule has 1 aliphatic heterocycles. The van der Waals surface area contributed by atoms with E-state index in [1.165, 1.54) is 25.7 Å². The normalized spacial score (nSPS) is 26.5. The lowest BCUT2D eigenvalue weighted by molar-refractivity contribution is -0.125. The predicted octanol–water partition coefficient (Wildman–Crippen LogP) is 2.46. The van der Waals surface area contributed by atoms with Crippen molar-refractivity contribution >= 4 is 5.91 Å². The molecule has 1 fully saturated rings. The maximum Gasteiger partial charge on any atom is 0.237 e. The third-order valence-electron chi connectivity index (χ3n) is 3.68. The highest BCUT2D eigenvalue weighted by Crippen LogP contribution is 2.16. The van der Waals surface area contributed by atoms with Gasteiger partial charge in [-0.3, -0.25) is 4.79 Å². The molecular weight excluding hydrogens is 212 g/mol. The van der Waals surface area contributed by atoms with Gasteiger partial charge in [0.25, 0.3) is 0 Å². The molecule has 0 aliphatic carbocycles. The molecule has 0 aromatic carbocycles. The molecule has 2 N–H and O–H groups in total. The first-order chi connectivity index (χ1) is 8.15. The zero-order valence-corrected chi connectivity index (χ0v) is 11.6. The van der Waals surface area contributed by atoms with Crippen LogP contribution >= 0.6 is 0 Å². The Labute approximate surface area is 106 Å².